The van der Waals surface area contributed by atoms with Gasteiger partial charge in [0.05, 0.1) is 12.6 Å². The Morgan fingerprint density at radius 1 is 1.12 bits per heavy atom. The Morgan fingerprint density at radius 3 is 2.41 bits per heavy atom. The quantitative estimate of drug-likeness (QED) is 0.662. The van der Waals surface area contributed by atoms with Gasteiger partial charge in [-0.05, 0) is 77.5 Å². The van der Waals surface area contributed by atoms with Crippen LogP contribution in [0.5, 0.6) is 5.75 Å². The number of carbonyl (C=O) groups excluding carboxylic acids is 1. The van der Waals surface area contributed by atoms with E-state index in [0.29, 0.717) is 12.1 Å². The number of nitrogens with zero attached hydrogens (tertiary/aromatic N) is 2. The number of benzene rings is 2. The molecule has 2 amide bonds. The zero-order chi connectivity index (χ0) is 23.3. The highest BCUT2D eigenvalue weighted by Crippen LogP contribution is 2.21. The first-order valence-corrected chi connectivity index (χ1v) is 11.2. The molecule has 0 bridgehead atoms. The second-order valence-corrected chi connectivity index (χ2v) is 8.84. The molecule has 1 saturated heterocycles. The average Bonchev–Trinajstić information content (AvgIpc) is 2.76. The van der Waals surface area contributed by atoms with Gasteiger partial charge in [0.1, 0.15) is 17.4 Å². The van der Waals surface area contributed by atoms with Crippen LogP contribution >= 0.6 is 0 Å². The number of rotatable bonds is 7. The average molecular weight is 446 g/mol. The molecule has 7 heteroatoms. The van der Waals surface area contributed by atoms with Crippen molar-refractivity contribution in [3.8, 4) is 5.75 Å². The fraction of sp³-hybridized carbons (Fsp3) is 0.480. The third kappa shape index (κ3) is 6.42. The monoisotopic (exact) mass is 445 g/mol. The van der Waals surface area contributed by atoms with Gasteiger partial charge in [-0.25, -0.2) is 13.6 Å². The van der Waals surface area contributed by atoms with Gasteiger partial charge in [-0.3, -0.25) is 0 Å². The van der Waals surface area contributed by atoms with Crippen molar-refractivity contribution in [3.63, 3.8) is 0 Å². The van der Waals surface area contributed by atoms with Crippen molar-refractivity contribution in [1.29, 1.82) is 0 Å². The van der Waals surface area contributed by atoms with Gasteiger partial charge >= 0.3 is 6.03 Å². The van der Waals surface area contributed by atoms with E-state index in [9.17, 15) is 13.6 Å². The number of ether oxygens (including phenoxy) is 1. The van der Waals surface area contributed by atoms with Gasteiger partial charge in [0, 0.05) is 23.7 Å². The largest absolute Gasteiger partial charge is 0.491 e. The lowest BCUT2D eigenvalue weighted by Gasteiger charge is -2.32. The van der Waals surface area contributed by atoms with Crippen LogP contribution in [0, 0.1) is 18.6 Å². The third-order valence-corrected chi connectivity index (χ3v) is 5.76. The number of hydrogen-bond acceptors (Lipinski definition) is 3. The van der Waals surface area contributed by atoms with Crippen molar-refractivity contribution in [2.75, 3.05) is 20.1 Å². The third-order valence-electron chi connectivity index (χ3n) is 5.76. The van der Waals surface area contributed by atoms with E-state index in [1.807, 2.05) is 38.1 Å². The topological polar surface area (TPSA) is 44.8 Å². The highest BCUT2D eigenvalue weighted by Gasteiger charge is 2.23. The van der Waals surface area contributed by atoms with Crippen LogP contribution in [-0.4, -0.2) is 48.1 Å². The molecule has 1 fully saturated rings. The van der Waals surface area contributed by atoms with E-state index in [4.69, 9.17) is 4.74 Å². The molecule has 1 aliphatic heterocycles. The Labute approximate surface area is 189 Å². The van der Waals surface area contributed by atoms with E-state index >= 15 is 0 Å². The van der Waals surface area contributed by atoms with Gasteiger partial charge in [0.15, 0.2) is 0 Å². The van der Waals surface area contributed by atoms with E-state index in [-0.39, 0.29) is 30.3 Å². The zero-order valence-corrected chi connectivity index (χ0v) is 19.3. The normalized spacial score (nSPS) is 15.1. The molecule has 0 unspecified atom stereocenters. The molecule has 2 aromatic rings. The van der Waals surface area contributed by atoms with Crippen LogP contribution in [0.1, 0.15) is 43.4 Å². The number of halogens is 2. The van der Waals surface area contributed by atoms with Gasteiger partial charge in [-0.2, -0.15) is 0 Å². The van der Waals surface area contributed by atoms with Crippen LogP contribution in [0.3, 0.4) is 0 Å². The lowest BCUT2D eigenvalue weighted by atomic mass is 10.1. The Morgan fingerprint density at radius 2 is 1.78 bits per heavy atom. The minimum absolute atomic E-state index is 0.0339. The predicted molar refractivity (Wildman–Crippen MR) is 122 cm³/mol. The Hall–Kier alpha value is -2.67. The molecule has 32 heavy (non-hydrogen) atoms. The zero-order valence-electron chi connectivity index (χ0n) is 19.3. The molecule has 0 atom stereocenters. The van der Waals surface area contributed by atoms with Crippen LogP contribution in [0.15, 0.2) is 36.4 Å². The summed E-state index contributed by atoms with van der Waals surface area (Å²) in [6.45, 7) is 7.53. The number of likely N-dealkylation sites (tertiary alicyclic amines) is 1. The molecule has 2 aromatic carbocycles. The molecule has 1 N–H and O–H groups in total. The van der Waals surface area contributed by atoms with Gasteiger partial charge in [0.25, 0.3) is 0 Å². The Kier molecular flexibility index (Phi) is 8.07. The molecule has 0 aliphatic carbocycles. The van der Waals surface area contributed by atoms with E-state index in [1.54, 1.807) is 4.90 Å². The number of urea groups is 1. The predicted octanol–water partition coefficient (Wildman–Crippen LogP) is 4.87. The van der Waals surface area contributed by atoms with Crippen LogP contribution < -0.4 is 10.1 Å². The Balaban J connectivity index is 1.77. The summed E-state index contributed by atoms with van der Waals surface area (Å²) in [5.74, 6) is -0.441. The summed E-state index contributed by atoms with van der Waals surface area (Å²) in [6.07, 6.45) is 1.82. The van der Waals surface area contributed by atoms with Crippen molar-refractivity contribution in [2.24, 2.45) is 0 Å². The maximum atomic E-state index is 14.7. The first-order valence-electron chi connectivity index (χ1n) is 11.2. The van der Waals surface area contributed by atoms with Crippen LogP contribution in [-0.2, 0) is 13.1 Å². The maximum Gasteiger partial charge on any atom is 0.318 e. The number of carbonyl (C=O) groups is 1. The minimum atomic E-state index is -0.609. The van der Waals surface area contributed by atoms with Crippen molar-refractivity contribution < 1.29 is 18.3 Å². The standard InChI is InChI=1S/C25H33F2N3O2/c1-17(2)32-22-8-5-19(6-9-22)15-30(16-20-7-10-23(26)18(3)24(20)27)25(31)28-21-11-13-29(4)14-12-21/h5-10,17,21H,11-16H2,1-4H3,(H,28,31). The Bertz CT molecular complexity index is 910. The van der Waals surface area contributed by atoms with Gasteiger partial charge in [0.2, 0.25) is 0 Å². The van der Waals surface area contributed by atoms with E-state index < -0.39 is 11.6 Å². The summed E-state index contributed by atoms with van der Waals surface area (Å²) in [7, 11) is 2.07. The molecule has 1 heterocycles. The summed E-state index contributed by atoms with van der Waals surface area (Å²) in [4.78, 5) is 17.0. The van der Waals surface area contributed by atoms with Crippen molar-refractivity contribution in [2.45, 2.75) is 58.8 Å². The lowest BCUT2D eigenvalue weighted by Crippen LogP contribution is -2.48. The summed E-state index contributed by atoms with van der Waals surface area (Å²) in [5, 5.41) is 3.10. The fourth-order valence-electron chi connectivity index (χ4n) is 3.83. The second kappa shape index (κ2) is 10.8. The molecule has 174 valence electrons. The van der Waals surface area contributed by atoms with Crippen molar-refractivity contribution in [1.82, 2.24) is 15.1 Å². The van der Waals surface area contributed by atoms with Gasteiger partial charge < -0.3 is 19.9 Å². The van der Waals surface area contributed by atoms with Gasteiger partial charge in [-0.15, -0.1) is 0 Å². The van der Waals surface area contributed by atoms with Gasteiger partial charge in [-0.1, -0.05) is 18.2 Å². The minimum Gasteiger partial charge on any atom is -0.491 e. The van der Waals surface area contributed by atoms with Crippen LogP contribution in [0.4, 0.5) is 13.6 Å². The molecule has 0 spiro atoms. The summed E-state index contributed by atoms with van der Waals surface area (Å²) >= 11 is 0. The molecule has 1 aliphatic rings. The van der Waals surface area contributed by atoms with Crippen LogP contribution in [0.2, 0.25) is 0 Å². The summed E-state index contributed by atoms with van der Waals surface area (Å²) in [6, 6.07) is 10.0. The molecule has 3 rings (SSSR count). The summed E-state index contributed by atoms with van der Waals surface area (Å²) < 4.78 is 34.1. The van der Waals surface area contributed by atoms with Crippen molar-refractivity contribution in [3.05, 3.63) is 64.7 Å². The second-order valence-electron chi connectivity index (χ2n) is 8.84. The smallest absolute Gasteiger partial charge is 0.318 e. The number of piperidine rings is 1. The SMILES string of the molecule is Cc1c(F)ccc(CN(Cc2ccc(OC(C)C)cc2)C(=O)NC2CCN(C)CC2)c1F. The first kappa shape index (κ1) is 24.0. The molecule has 0 aromatic heterocycles. The number of nitrogens with one attached hydrogen (secondary N) is 1. The van der Waals surface area contributed by atoms with Crippen LogP contribution in [0.25, 0.3) is 0 Å². The fourth-order valence-corrected chi connectivity index (χ4v) is 3.83. The first-order chi connectivity index (χ1) is 15.2. The molecule has 5 nitrogen and oxygen atoms in total. The highest BCUT2D eigenvalue weighted by molar-refractivity contribution is 5.74. The highest BCUT2D eigenvalue weighted by atomic mass is 19.1. The maximum absolute atomic E-state index is 14.7. The molecular weight excluding hydrogens is 412 g/mol. The molecular formula is C25H33F2N3O2. The van der Waals surface area contributed by atoms with E-state index in [1.165, 1.54) is 19.1 Å². The number of hydrogen-bond donors (Lipinski definition) is 1. The lowest BCUT2D eigenvalue weighted by molar-refractivity contribution is 0.175. The molecule has 0 radical (unpaired) electrons. The van der Waals surface area contributed by atoms with E-state index in [0.717, 1.165) is 37.2 Å². The summed E-state index contributed by atoms with van der Waals surface area (Å²) in [5.41, 5.74) is 1.16. The number of amides is 2. The van der Waals surface area contributed by atoms with E-state index in [2.05, 4.69) is 17.3 Å². The molecule has 0 saturated carbocycles. The van der Waals surface area contributed by atoms with Crippen molar-refractivity contribution >= 4 is 6.03 Å².